The predicted molar refractivity (Wildman–Crippen MR) is 110 cm³/mol. The Kier molecular flexibility index (Phi) is 4.56. The molecule has 1 amide bonds. The lowest BCUT2D eigenvalue weighted by atomic mass is 9.88. The first-order chi connectivity index (χ1) is 16.9. The zero-order chi connectivity index (χ0) is 25.6. The molecule has 1 aromatic carbocycles. The van der Waals surface area contributed by atoms with Crippen molar-refractivity contribution in [3.05, 3.63) is 59.1 Å². The third kappa shape index (κ3) is 3.35. The number of alkyl halides is 4. The van der Waals surface area contributed by atoms with E-state index in [1.54, 1.807) is 0 Å². The molecule has 0 bridgehead atoms. The number of aromatic nitrogens is 4. The first-order valence-electron chi connectivity index (χ1n) is 10.8. The van der Waals surface area contributed by atoms with Crippen molar-refractivity contribution in [2.45, 2.75) is 50.5 Å². The second-order valence-corrected chi connectivity index (χ2v) is 9.05. The molecule has 2 N–H and O–H groups in total. The molecule has 2 aliphatic rings. The van der Waals surface area contributed by atoms with Gasteiger partial charge in [-0.3, -0.25) is 4.79 Å². The summed E-state index contributed by atoms with van der Waals surface area (Å²) in [4.78, 5) is 30.1. The predicted octanol–water partition coefficient (Wildman–Crippen LogP) is 3.85. The Morgan fingerprint density at radius 3 is 2.69 bits per heavy atom. The van der Waals surface area contributed by atoms with Gasteiger partial charge in [-0.25, -0.2) is 19.3 Å². The average Bonchev–Trinajstić information content (AvgIpc) is 3.52. The number of hydrogen-bond acceptors (Lipinski definition) is 8. The molecule has 14 heteroatoms. The van der Waals surface area contributed by atoms with E-state index in [0.717, 1.165) is 11.0 Å². The van der Waals surface area contributed by atoms with Gasteiger partial charge in [0.25, 0.3) is 5.91 Å². The lowest BCUT2D eigenvalue weighted by Gasteiger charge is -2.42. The summed E-state index contributed by atoms with van der Waals surface area (Å²) in [6.45, 7) is 2.76. The number of para-hydroxylation sites is 1. The maximum absolute atomic E-state index is 15.8. The molecule has 0 aliphatic carbocycles. The summed E-state index contributed by atoms with van der Waals surface area (Å²) in [5.74, 6) is -2.15. The van der Waals surface area contributed by atoms with Gasteiger partial charge < -0.3 is 28.6 Å². The maximum atomic E-state index is 15.8. The molecule has 3 atom stereocenters. The van der Waals surface area contributed by atoms with Gasteiger partial charge in [0.2, 0.25) is 17.5 Å². The number of carbonyl (C=O) groups is 1. The van der Waals surface area contributed by atoms with E-state index in [1.165, 1.54) is 32.3 Å². The van der Waals surface area contributed by atoms with Crippen LogP contribution in [0.1, 0.15) is 65.5 Å². The second-order valence-electron chi connectivity index (χ2n) is 9.05. The van der Waals surface area contributed by atoms with Crippen LogP contribution in [0.5, 0.6) is 5.75 Å². The van der Waals surface area contributed by atoms with E-state index in [9.17, 15) is 23.1 Å². The summed E-state index contributed by atoms with van der Waals surface area (Å²) < 4.78 is 69.8. The van der Waals surface area contributed by atoms with E-state index in [0.29, 0.717) is 11.4 Å². The smallest absolute Gasteiger partial charge is 0.438 e. The van der Waals surface area contributed by atoms with Gasteiger partial charge in [0.15, 0.2) is 29.1 Å². The van der Waals surface area contributed by atoms with Crippen molar-refractivity contribution in [1.82, 2.24) is 24.8 Å². The zero-order valence-electron chi connectivity index (χ0n) is 18.6. The number of nitrogens with zero attached hydrogens (tertiary/aromatic N) is 4. The fourth-order valence-corrected chi connectivity index (χ4v) is 4.61. The molecule has 0 radical (unpaired) electrons. The van der Waals surface area contributed by atoms with E-state index in [4.69, 9.17) is 8.83 Å². The van der Waals surface area contributed by atoms with E-state index < -0.39 is 47.6 Å². The number of aliphatic hydroxyl groups is 1. The third-order valence-electron chi connectivity index (χ3n) is 6.12. The van der Waals surface area contributed by atoms with Crippen molar-refractivity contribution >= 4 is 17.0 Å². The highest BCUT2D eigenvalue weighted by Gasteiger charge is 2.53. The summed E-state index contributed by atoms with van der Waals surface area (Å²) in [6, 6.07) is 1.49. The molecule has 2 aliphatic heterocycles. The number of ether oxygens (including phenoxy) is 1. The number of aromatic amines is 1. The average molecular weight is 507 g/mol. The molecule has 36 heavy (non-hydrogen) atoms. The van der Waals surface area contributed by atoms with Gasteiger partial charge >= 0.3 is 6.36 Å². The minimum Gasteiger partial charge on any atom is -0.438 e. The van der Waals surface area contributed by atoms with Crippen LogP contribution in [0.4, 0.5) is 17.6 Å². The summed E-state index contributed by atoms with van der Waals surface area (Å²) >= 11 is 0. The Labute approximate surface area is 198 Å². The molecule has 6 rings (SSSR count). The molecule has 3 aromatic heterocycles. The Morgan fingerprint density at radius 2 is 1.97 bits per heavy atom. The molecule has 0 spiro atoms. The fourth-order valence-electron chi connectivity index (χ4n) is 4.61. The number of nitrogens with one attached hydrogen (secondary N) is 1. The summed E-state index contributed by atoms with van der Waals surface area (Å²) in [7, 11) is 0. The lowest BCUT2D eigenvalue weighted by Crippen LogP contribution is -2.52. The van der Waals surface area contributed by atoms with Crippen molar-refractivity contribution in [2.24, 2.45) is 0 Å². The SMILES string of the molecule is CC(C)(O)c1nc2c(o1)C(=O)N1C(Cc3[nH]cnc3[C@H]1c1nc3c(OC(F)(F)F)cccc3o1)C2F. The molecule has 4 aromatic rings. The highest BCUT2D eigenvalue weighted by molar-refractivity contribution is 5.95. The zero-order valence-corrected chi connectivity index (χ0v) is 18.6. The van der Waals surface area contributed by atoms with Crippen LogP contribution in [0.3, 0.4) is 0 Å². The number of oxazole rings is 2. The standard InChI is InChI=1S/C22H17F4N5O5/c1-21(2,33)20-30-15-12(23)9-6-8-13(28-7-27-8)16(31(9)19(32)17(15)35-20)18-29-14-10(34-18)4-3-5-11(14)36-22(24,25)26/h3-5,7,9,12,16,33H,6H2,1-2H3,(H,27,28)/t9?,12?,16-/m0/s1. The van der Waals surface area contributed by atoms with E-state index >= 15 is 4.39 Å². The lowest BCUT2D eigenvalue weighted by molar-refractivity contribution is -0.274. The monoisotopic (exact) mass is 507 g/mol. The van der Waals surface area contributed by atoms with E-state index in [2.05, 4.69) is 24.7 Å². The number of hydrogen-bond donors (Lipinski definition) is 2. The summed E-state index contributed by atoms with van der Waals surface area (Å²) in [6.07, 6.45) is -5.36. The summed E-state index contributed by atoms with van der Waals surface area (Å²) in [5.41, 5.74) is -1.27. The number of halogens is 4. The largest absolute Gasteiger partial charge is 0.573 e. The van der Waals surface area contributed by atoms with Gasteiger partial charge in [-0.1, -0.05) is 6.07 Å². The minimum absolute atomic E-state index is 0.0307. The number of rotatable bonds is 3. The van der Waals surface area contributed by atoms with Crippen molar-refractivity contribution in [1.29, 1.82) is 0 Å². The van der Waals surface area contributed by atoms with Crippen LogP contribution >= 0.6 is 0 Å². The number of amides is 1. The van der Waals surface area contributed by atoms with Gasteiger partial charge in [0.1, 0.15) is 11.3 Å². The number of H-pyrrole nitrogens is 1. The van der Waals surface area contributed by atoms with Gasteiger partial charge in [-0.05, 0) is 26.0 Å². The van der Waals surface area contributed by atoms with Crippen LogP contribution in [0, 0.1) is 0 Å². The van der Waals surface area contributed by atoms with Crippen molar-refractivity contribution < 1.29 is 41.0 Å². The van der Waals surface area contributed by atoms with Crippen LogP contribution in [-0.2, 0) is 12.0 Å². The van der Waals surface area contributed by atoms with Crippen LogP contribution < -0.4 is 4.74 Å². The van der Waals surface area contributed by atoms with Crippen molar-refractivity contribution in [3.8, 4) is 5.75 Å². The van der Waals surface area contributed by atoms with Gasteiger partial charge in [-0.2, -0.15) is 0 Å². The Balaban J connectivity index is 1.50. The minimum atomic E-state index is -4.97. The third-order valence-corrected chi connectivity index (χ3v) is 6.12. The van der Waals surface area contributed by atoms with Gasteiger partial charge in [0, 0.05) is 12.1 Å². The number of imidazole rings is 1. The summed E-state index contributed by atoms with van der Waals surface area (Å²) in [5, 5.41) is 10.3. The second kappa shape index (κ2) is 7.29. The normalized spacial score (nSPS) is 21.9. The highest BCUT2D eigenvalue weighted by atomic mass is 19.4. The number of carbonyl (C=O) groups excluding carboxylic acids is 1. The van der Waals surface area contributed by atoms with Crippen LogP contribution in [0.2, 0.25) is 0 Å². The Morgan fingerprint density at radius 1 is 1.19 bits per heavy atom. The van der Waals surface area contributed by atoms with Gasteiger partial charge in [0.05, 0.1) is 18.1 Å². The topological polar surface area (TPSA) is 131 Å². The molecule has 10 nitrogen and oxygen atoms in total. The van der Waals surface area contributed by atoms with Crippen LogP contribution in [0.15, 0.2) is 33.4 Å². The molecule has 188 valence electrons. The number of benzene rings is 1. The maximum Gasteiger partial charge on any atom is 0.573 e. The first kappa shape index (κ1) is 22.5. The molecular weight excluding hydrogens is 490 g/mol. The van der Waals surface area contributed by atoms with Crippen LogP contribution in [-0.4, -0.2) is 48.3 Å². The number of fused-ring (bicyclic) bond motifs is 4. The highest BCUT2D eigenvalue weighted by Crippen LogP contribution is 2.47. The quantitative estimate of drug-likeness (QED) is 0.400. The van der Waals surface area contributed by atoms with Gasteiger partial charge in [-0.15, -0.1) is 13.2 Å². The molecular formula is C22H17F4N5O5. The fraction of sp³-hybridized carbons (Fsp3) is 0.364. The Bertz CT molecular complexity index is 1500. The van der Waals surface area contributed by atoms with Crippen molar-refractivity contribution in [3.63, 3.8) is 0 Å². The molecule has 0 saturated carbocycles. The Hall–Kier alpha value is -3.94. The molecule has 0 saturated heterocycles. The molecule has 2 unspecified atom stereocenters. The van der Waals surface area contributed by atoms with E-state index in [-0.39, 0.29) is 35.0 Å². The molecule has 5 heterocycles. The van der Waals surface area contributed by atoms with E-state index in [1.807, 2.05) is 0 Å². The first-order valence-corrected chi connectivity index (χ1v) is 10.8. The van der Waals surface area contributed by atoms with Crippen LogP contribution in [0.25, 0.3) is 11.1 Å². The molecule has 0 fully saturated rings. The van der Waals surface area contributed by atoms with Crippen molar-refractivity contribution in [2.75, 3.05) is 0 Å².